The molecule has 0 saturated carbocycles. The summed E-state index contributed by atoms with van der Waals surface area (Å²) in [4.78, 5) is 12.6. The molecule has 20 heavy (non-hydrogen) atoms. The van der Waals surface area contributed by atoms with Crippen molar-refractivity contribution >= 4 is 44.4 Å². The summed E-state index contributed by atoms with van der Waals surface area (Å²) in [5, 5.41) is 2.69. The lowest BCUT2D eigenvalue weighted by Gasteiger charge is -2.05. The SMILES string of the molecule is CCS(=O)(=O)c1ccc(NC(=O)c2ccc(Cl)s2)cc1. The number of hydrogen-bond acceptors (Lipinski definition) is 4. The highest BCUT2D eigenvalue weighted by Gasteiger charge is 2.12. The molecule has 2 rings (SSSR count). The van der Waals surface area contributed by atoms with Crippen LogP contribution in [0, 0.1) is 0 Å². The zero-order chi connectivity index (χ0) is 14.8. The summed E-state index contributed by atoms with van der Waals surface area (Å²) in [6.07, 6.45) is 0. The van der Waals surface area contributed by atoms with Gasteiger partial charge in [0.1, 0.15) is 0 Å². The van der Waals surface area contributed by atoms with E-state index in [2.05, 4.69) is 5.32 Å². The monoisotopic (exact) mass is 329 g/mol. The molecule has 1 aromatic heterocycles. The van der Waals surface area contributed by atoms with Gasteiger partial charge >= 0.3 is 0 Å². The van der Waals surface area contributed by atoms with Crippen LogP contribution in [-0.2, 0) is 9.84 Å². The van der Waals surface area contributed by atoms with Crippen LogP contribution in [0.4, 0.5) is 5.69 Å². The Labute approximate surface area is 126 Å². The van der Waals surface area contributed by atoms with Crippen LogP contribution < -0.4 is 5.32 Å². The zero-order valence-electron chi connectivity index (χ0n) is 10.6. The number of halogens is 1. The Hall–Kier alpha value is -1.37. The first kappa shape index (κ1) is 15.0. The molecule has 0 spiro atoms. The number of rotatable bonds is 4. The number of hydrogen-bond donors (Lipinski definition) is 1. The van der Waals surface area contributed by atoms with Crippen molar-refractivity contribution in [2.75, 3.05) is 11.1 Å². The van der Waals surface area contributed by atoms with Crippen molar-refractivity contribution in [2.45, 2.75) is 11.8 Å². The molecule has 106 valence electrons. The fourth-order valence-electron chi connectivity index (χ4n) is 1.54. The van der Waals surface area contributed by atoms with Crippen molar-refractivity contribution in [2.24, 2.45) is 0 Å². The molecule has 0 bridgehead atoms. The first-order chi connectivity index (χ1) is 9.42. The van der Waals surface area contributed by atoms with Gasteiger partial charge in [-0.15, -0.1) is 11.3 Å². The Balaban J connectivity index is 2.14. The molecule has 4 nitrogen and oxygen atoms in total. The van der Waals surface area contributed by atoms with Gasteiger partial charge in [-0.2, -0.15) is 0 Å². The summed E-state index contributed by atoms with van der Waals surface area (Å²) in [6.45, 7) is 1.59. The Bertz CT molecular complexity index is 720. The van der Waals surface area contributed by atoms with E-state index in [4.69, 9.17) is 11.6 Å². The van der Waals surface area contributed by atoms with Crippen molar-refractivity contribution in [3.8, 4) is 0 Å². The summed E-state index contributed by atoms with van der Waals surface area (Å²) < 4.78 is 23.9. The second-order valence-corrected chi connectivity index (χ2v) is 7.98. The lowest BCUT2D eigenvalue weighted by molar-refractivity contribution is 0.103. The standard InChI is InChI=1S/C13H12ClNO3S2/c1-2-20(17,18)10-5-3-9(4-6-10)15-13(16)11-7-8-12(14)19-11/h3-8H,2H2,1H3,(H,15,16). The smallest absolute Gasteiger partial charge is 0.265 e. The molecular formula is C13H12ClNO3S2. The van der Waals surface area contributed by atoms with Crippen molar-refractivity contribution < 1.29 is 13.2 Å². The van der Waals surface area contributed by atoms with E-state index in [1.165, 1.54) is 23.5 Å². The number of carbonyl (C=O) groups is 1. The minimum atomic E-state index is -3.22. The molecule has 1 N–H and O–H groups in total. The quantitative estimate of drug-likeness (QED) is 0.934. The number of sulfone groups is 1. The van der Waals surface area contributed by atoms with Gasteiger partial charge in [-0.1, -0.05) is 18.5 Å². The predicted molar refractivity (Wildman–Crippen MR) is 81.5 cm³/mol. The molecule has 0 saturated heterocycles. The average molecular weight is 330 g/mol. The minimum absolute atomic E-state index is 0.0480. The van der Waals surface area contributed by atoms with E-state index in [9.17, 15) is 13.2 Å². The van der Waals surface area contributed by atoms with E-state index >= 15 is 0 Å². The van der Waals surface area contributed by atoms with E-state index in [1.807, 2.05) is 0 Å². The van der Waals surface area contributed by atoms with E-state index in [0.717, 1.165) is 0 Å². The Morgan fingerprint density at radius 3 is 2.35 bits per heavy atom. The van der Waals surface area contributed by atoms with Gasteiger partial charge in [0.05, 0.1) is 19.9 Å². The maximum absolute atomic E-state index is 11.9. The van der Waals surface area contributed by atoms with Crippen LogP contribution in [0.15, 0.2) is 41.3 Å². The largest absolute Gasteiger partial charge is 0.321 e. The lowest BCUT2D eigenvalue weighted by Crippen LogP contribution is -2.10. The number of amides is 1. The van der Waals surface area contributed by atoms with E-state index in [0.29, 0.717) is 14.9 Å². The molecule has 0 radical (unpaired) electrons. The maximum atomic E-state index is 11.9. The molecule has 1 aromatic carbocycles. The summed E-state index contributed by atoms with van der Waals surface area (Å²) >= 11 is 6.95. The van der Waals surface area contributed by atoms with Gasteiger partial charge in [0.15, 0.2) is 9.84 Å². The van der Waals surface area contributed by atoms with Crippen LogP contribution in [0.5, 0.6) is 0 Å². The van der Waals surface area contributed by atoms with E-state index < -0.39 is 9.84 Å². The molecule has 0 aliphatic rings. The summed E-state index contributed by atoms with van der Waals surface area (Å²) in [5.74, 6) is -0.222. The third-order valence-electron chi connectivity index (χ3n) is 2.65. The maximum Gasteiger partial charge on any atom is 0.265 e. The van der Waals surface area contributed by atoms with Gasteiger partial charge in [-0.3, -0.25) is 4.79 Å². The van der Waals surface area contributed by atoms with Crippen LogP contribution in [-0.4, -0.2) is 20.1 Å². The highest BCUT2D eigenvalue weighted by molar-refractivity contribution is 7.91. The summed E-state index contributed by atoms with van der Waals surface area (Å²) in [7, 11) is -3.22. The fraction of sp³-hybridized carbons (Fsp3) is 0.154. The highest BCUT2D eigenvalue weighted by Crippen LogP contribution is 2.23. The second-order valence-electron chi connectivity index (χ2n) is 3.99. The zero-order valence-corrected chi connectivity index (χ0v) is 13.0. The van der Waals surface area contributed by atoms with Crippen molar-refractivity contribution in [1.82, 2.24) is 0 Å². The first-order valence-corrected chi connectivity index (χ1v) is 8.66. The molecule has 7 heteroatoms. The number of nitrogens with one attached hydrogen (secondary N) is 1. The summed E-state index contributed by atoms with van der Waals surface area (Å²) in [6, 6.07) is 9.38. The Morgan fingerprint density at radius 2 is 1.85 bits per heavy atom. The third-order valence-corrected chi connectivity index (χ3v) is 5.63. The van der Waals surface area contributed by atoms with Crippen LogP contribution in [0.1, 0.15) is 16.6 Å². The molecule has 0 atom stereocenters. The van der Waals surface area contributed by atoms with E-state index in [1.54, 1.807) is 31.2 Å². The van der Waals surface area contributed by atoms with Gasteiger partial charge in [0.25, 0.3) is 5.91 Å². The van der Waals surface area contributed by atoms with Crippen LogP contribution in [0.2, 0.25) is 4.34 Å². The van der Waals surface area contributed by atoms with Gasteiger partial charge in [-0.05, 0) is 36.4 Å². The Kier molecular flexibility index (Phi) is 4.47. The van der Waals surface area contributed by atoms with Gasteiger partial charge < -0.3 is 5.32 Å². The minimum Gasteiger partial charge on any atom is -0.321 e. The molecular weight excluding hydrogens is 318 g/mol. The van der Waals surface area contributed by atoms with Gasteiger partial charge in [0, 0.05) is 5.69 Å². The first-order valence-electron chi connectivity index (χ1n) is 5.82. The van der Waals surface area contributed by atoms with Crippen LogP contribution >= 0.6 is 22.9 Å². The van der Waals surface area contributed by atoms with Crippen molar-refractivity contribution in [1.29, 1.82) is 0 Å². The highest BCUT2D eigenvalue weighted by atomic mass is 35.5. The molecule has 1 amide bonds. The van der Waals surface area contributed by atoms with Crippen molar-refractivity contribution in [3.05, 3.63) is 45.6 Å². The third kappa shape index (κ3) is 3.39. The number of benzene rings is 1. The summed E-state index contributed by atoms with van der Waals surface area (Å²) in [5.41, 5.74) is 0.537. The topological polar surface area (TPSA) is 63.2 Å². The second kappa shape index (κ2) is 5.95. The van der Waals surface area contributed by atoms with Gasteiger partial charge in [-0.25, -0.2) is 8.42 Å². The molecule has 0 aliphatic carbocycles. The Morgan fingerprint density at radius 1 is 1.20 bits per heavy atom. The van der Waals surface area contributed by atoms with Crippen LogP contribution in [0.3, 0.4) is 0 Å². The fourth-order valence-corrected chi connectivity index (χ4v) is 3.36. The molecule has 1 heterocycles. The average Bonchev–Trinajstić information content (AvgIpc) is 2.86. The molecule has 0 aliphatic heterocycles. The van der Waals surface area contributed by atoms with Crippen LogP contribution in [0.25, 0.3) is 0 Å². The van der Waals surface area contributed by atoms with Gasteiger partial charge in [0.2, 0.25) is 0 Å². The normalized spacial score (nSPS) is 11.3. The number of anilines is 1. The predicted octanol–water partition coefficient (Wildman–Crippen LogP) is 3.45. The van der Waals surface area contributed by atoms with Crippen molar-refractivity contribution in [3.63, 3.8) is 0 Å². The molecule has 2 aromatic rings. The molecule has 0 unspecified atom stereocenters. The number of thiophene rings is 1. The molecule has 0 fully saturated rings. The van der Waals surface area contributed by atoms with E-state index in [-0.39, 0.29) is 16.6 Å². The number of carbonyl (C=O) groups excluding carboxylic acids is 1. The lowest BCUT2D eigenvalue weighted by atomic mass is 10.3.